The predicted molar refractivity (Wildman–Crippen MR) is 90.4 cm³/mol. The van der Waals surface area contributed by atoms with Gasteiger partial charge in [0, 0.05) is 17.0 Å². The Morgan fingerprint density at radius 2 is 2.12 bits per heavy atom. The normalized spacial score (nSPS) is 20.0. The molecule has 0 spiro atoms. The summed E-state index contributed by atoms with van der Waals surface area (Å²) in [5, 5.41) is 10.5. The smallest absolute Gasteiger partial charge is 0.312 e. The van der Waals surface area contributed by atoms with Crippen molar-refractivity contribution in [1.82, 2.24) is 0 Å². The van der Waals surface area contributed by atoms with E-state index in [0.717, 1.165) is 16.1 Å². The lowest BCUT2D eigenvalue weighted by atomic mass is 9.99. The lowest BCUT2D eigenvalue weighted by Crippen LogP contribution is -2.30. The van der Waals surface area contributed by atoms with E-state index >= 15 is 0 Å². The van der Waals surface area contributed by atoms with Gasteiger partial charge in [-0.3, -0.25) is 9.59 Å². The van der Waals surface area contributed by atoms with Crippen LogP contribution in [-0.2, 0) is 14.3 Å². The quantitative estimate of drug-likeness (QED) is 0.801. The van der Waals surface area contributed by atoms with Crippen LogP contribution in [0.5, 0.6) is 0 Å². The topological polar surface area (TPSA) is 70.4 Å². The predicted octanol–water partition coefficient (Wildman–Crippen LogP) is 3.22. The van der Waals surface area contributed by atoms with Crippen molar-refractivity contribution >= 4 is 28.9 Å². The van der Waals surface area contributed by atoms with E-state index in [1.165, 1.54) is 11.3 Å². The lowest BCUT2D eigenvalue weighted by molar-refractivity contribution is -0.147. The maximum atomic E-state index is 12.6. The van der Waals surface area contributed by atoms with Gasteiger partial charge in [-0.05, 0) is 30.5 Å². The van der Waals surface area contributed by atoms with Gasteiger partial charge in [-0.1, -0.05) is 23.8 Å². The third kappa shape index (κ3) is 3.03. The summed E-state index contributed by atoms with van der Waals surface area (Å²) in [6.45, 7) is 1.68. The number of thiophene rings is 1. The number of aryl methyl sites for hydroxylation is 1. The number of hydrogen-bond donors (Lipinski definition) is 0. The summed E-state index contributed by atoms with van der Waals surface area (Å²) < 4.78 is 4.98. The van der Waals surface area contributed by atoms with Crippen molar-refractivity contribution in [2.24, 2.45) is 5.92 Å². The molecule has 1 aromatic heterocycles. The van der Waals surface area contributed by atoms with Gasteiger partial charge in [0.15, 0.2) is 6.61 Å². The van der Waals surface area contributed by atoms with Crippen LogP contribution in [0.15, 0.2) is 41.8 Å². The largest absolute Gasteiger partial charge is 0.450 e. The summed E-state index contributed by atoms with van der Waals surface area (Å²) in [6.07, 6.45) is 0.0840. The summed E-state index contributed by atoms with van der Waals surface area (Å²) >= 11 is 1.50. The Morgan fingerprint density at radius 1 is 1.38 bits per heavy atom. The number of anilines is 1. The molecule has 5 nitrogen and oxygen atoms in total. The highest BCUT2D eigenvalue weighted by molar-refractivity contribution is 7.10. The first-order chi connectivity index (χ1) is 11.6. The first kappa shape index (κ1) is 16.2. The second kappa shape index (κ2) is 6.85. The number of rotatable bonds is 4. The fraction of sp³-hybridized carbons (Fsp3) is 0.278. The van der Waals surface area contributed by atoms with Gasteiger partial charge in [-0.25, -0.2) is 0 Å². The molecule has 1 aliphatic heterocycles. The fourth-order valence-corrected chi connectivity index (χ4v) is 3.83. The third-order valence-electron chi connectivity index (χ3n) is 4.05. The third-order valence-corrected chi connectivity index (χ3v) is 4.99. The molecule has 3 rings (SSSR count). The Bertz CT molecular complexity index is 778. The number of carbonyl (C=O) groups excluding carboxylic acids is 2. The maximum Gasteiger partial charge on any atom is 0.312 e. The van der Waals surface area contributed by atoms with Crippen molar-refractivity contribution in [1.29, 1.82) is 5.26 Å². The van der Waals surface area contributed by atoms with E-state index in [4.69, 9.17) is 10.00 Å². The van der Waals surface area contributed by atoms with Crippen molar-refractivity contribution in [2.75, 3.05) is 11.5 Å². The van der Waals surface area contributed by atoms with Gasteiger partial charge in [0.25, 0.3) is 0 Å². The minimum absolute atomic E-state index is 0.0840. The van der Waals surface area contributed by atoms with E-state index in [1.54, 1.807) is 11.0 Å². The van der Waals surface area contributed by atoms with Crippen LogP contribution in [0, 0.1) is 24.2 Å². The Balaban J connectivity index is 1.98. The molecular formula is C18H16N2O3S. The zero-order valence-corrected chi connectivity index (χ0v) is 14.0. The molecule has 1 aliphatic rings. The first-order valence-electron chi connectivity index (χ1n) is 7.57. The van der Waals surface area contributed by atoms with Gasteiger partial charge in [0.05, 0.1) is 12.0 Å². The molecule has 6 heteroatoms. The van der Waals surface area contributed by atoms with Gasteiger partial charge in [0.2, 0.25) is 5.91 Å². The molecule has 122 valence electrons. The number of hydrogen-bond acceptors (Lipinski definition) is 5. The zero-order valence-electron chi connectivity index (χ0n) is 13.1. The van der Waals surface area contributed by atoms with E-state index in [-0.39, 0.29) is 18.9 Å². The van der Waals surface area contributed by atoms with Crippen LogP contribution in [0.1, 0.15) is 22.9 Å². The SMILES string of the molecule is Cc1ccc(N2C(=O)C[C@H](C(=O)OCC#N)[C@@H]2c2cccs2)cc1. The highest BCUT2D eigenvalue weighted by atomic mass is 32.1. The second-order valence-electron chi connectivity index (χ2n) is 5.64. The number of ether oxygens (including phenoxy) is 1. The maximum absolute atomic E-state index is 12.6. The Hall–Kier alpha value is -2.65. The summed E-state index contributed by atoms with van der Waals surface area (Å²) in [5.41, 5.74) is 1.86. The highest BCUT2D eigenvalue weighted by Crippen LogP contribution is 2.43. The van der Waals surface area contributed by atoms with Crippen LogP contribution in [0.2, 0.25) is 0 Å². The van der Waals surface area contributed by atoms with Crippen LogP contribution in [0.3, 0.4) is 0 Å². The average Bonchev–Trinajstić information content (AvgIpc) is 3.21. The van der Waals surface area contributed by atoms with Crippen molar-refractivity contribution in [3.8, 4) is 6.07 Å². The summed E-state index contributed by atoms with van der Waals surface area (Å²) in [7, 11) is 0. The molecule has 1 saturated heterocycles. The molecule has 0 saturated carbocycles. The van der Waals surface area contributed by atoms with Crippen LogP contribution < -0.4 is 4.90 Å². The van der Waals surface area contributed by atoms with Crippen molar-refractivity contribution < 1.29 is 14.3 Å². The number of nitrogens with zero attached hydrogens (tertiary/aromatic N) is 2. The van der Waals surface area contributed by atoms with Crippen LogP contribution >= 0.6 is 11.3 Å². The number of benzene rings is 1. The lowest BCUT2D eigenvalue weighted by Gasteiger charge is -2.26. The number of amides is 1. The highest BCUT2D eigenvalue weighted by Gasteiger charge is 2.46. The van der Waals surface area contributed by atoms with Gasteiger partial charge < -0.3 is 9.64 Å². The molecule has 24 heavy (non-hydrogen) atoms. The van der Waals surface area contributed by atoms with Gasteiger partial charge in [-0.2, -0.15) is 5.26 Å². The molecule has 2 heterocycles. The molecular weight excluding hydrogens is 324 g/mol. The van der Waals surface area contributed by atoms with Gasteiger partial charge in [0.1, 0.15) is 6.07 Å². The van der Waals surface area contributed by atoms with Gasteiger partial charge in [-0.15, -0.1) is 11.3 Å². The summed E-state index contributed by atoms with van der Waals surface area (Å²) in [5.74, 6) is -1.22. The molecule has 0 radical (unpaired) electrons. The van der Waals surface area contributed by atoms with E-state index < -0.39 is 17.9 Å². The standard InChI is InChI=1S/C18H16N2O3S/c1-12-4-6-13(7-5-12)20-16(21)11-14(18(22)23-9-8-19)17(20)15-3-2-10-24-15/h2-7,10,14,17H,9,11H2,1H3/t14-,17+/m0/s1. The molecule has 0 N–H and O–H groups in total. The van der Waals surface area contributed by atoms with Crippen LogP contribution in [0.25, 0.3) is 0 Å². The van der Waals surface area contributed by atoms with Crippen LogP contribution in [-0.4, -0.2) is 18.5 Å². The molecule has 0 aliphatic carbocycles. The van der Waals surface area contributed by atoms with E-state index in [0.29, 0.717) is 0 Å². The fourth-order valence-electron chi connectivity index (χ4n) is 2.95. The molecule has 2 atom stereocenters. The zero-order chi connectivity index (χ0) is 17.1. The van der Waals surface area contributed by atoms with E-state index in [2.05, 4.69) is 0 Å². The minimum atomic E-state index is -0.606. The Morgan fingerprint density at radius 3 is 2.75 bits per heavy atom. The van der Waals surface area contributed by atoms with Gasteiger partial charge >= 0.3 is 5.97 Å². The van der Waals surface area contributed by atoms with Crippen LogP contribution in [0.4, 0.5) is 5.69 Å². The number of esters is 1. The molecule has 1 fully saturated rings. The monoisotopic (exact) mass is 340 g/mol. The van der Waals surface area contributed by atoms with Crippen molar-refractivity contribution in [2.45, 2.75) is 19.4 Å². The molecule has 2 aromatic rings. The Labute approximate surface area is 144 Å². The summed E-state index contributed by atoms with van der Waals surface area (Å²) in [4.78, 5) is 27.6. The van der Waals surface area contributed by atoms with Crippen molar-refractivity contribution in [3.63, 3.8) is 0 Å². The second-order valence-corrected chi connectivity index (χ2v) is 6.62. The molecule has 1 amide bonds. The molecule has 1 aromatic carbocycles. The number of carbonyl (C=O) groups is 2. The average molecular weight is 340 g/mol. The molecule has 0 bridgehead atoms. The van der Waals surface area contributed by atoms with Crippen molar-refractivity contribution in [3.05, 3.63) is 52.2 Å². The first-order valence-corrected chi connectivity index (χ1v) is 8.45. The van der Waals surface area contributed by atoms with E-state index in [9.17, 15) is 9.59 Å². The minimum Gasteiger partial charge on any atom is -0.450 e. The number of nitriles is 1. The summed E-state index contributed by atoms with van der Waals surface area (Å²) in [6, 6.07) is 12.9. The molecule has 0 unspecified atom stereocenters. The van der Waals surface area contributed by atoms with E-state index in [1.807, 2.05) is 48.7 Å². The Kier molecular flexibility index (Phi) is 4.63.